The Labute approximate surface area is 117 Å². The summed E-state index contributed by atoms with van der Waals surface area (Å²) < 4.78 is 0. The zero-order valence-electron chi connectivity index (χ0n) is 11.4. The molecule has 0 fully saturated rings. The molecule has 1 heterocycles. The van der Waals surface area contributed by atoms with Gasteiger partial charge >= 0.3 is 6.03 Å². The maximum Gasteiger partial charge on any atom is 0.324 e. The number of carbonyl (C=O) groups is 1. The number of anilines is 2. The van der Waals surface area contributed by atoms with Gasteiger partial charge in [-0.3, -0.25) is 5.32 Å². The first-order chi connectivity index (χ1) is 9.69. The monoisotopic (exact) mass is 271 g/mol. The van der Waals surface area contributed by atoms with Crippen molar-refractivity contribution in [2.24, 2.45) is 0 Å². The summed E-state index contributed by atoms with van der Waals surface area (Å²) in [5.74, 6) is 0.407. The van der Waals surface area contributed by atoms with Crippen molar-refractivity contribution in [1.29, 1.82) is 0 Å². The zero-order chi connectivity index (χ0) is 14.4. The molecule has 1 aromatic heterocycles. The number of urea groups is 1. The van der Waals surface area contributed by atoms with Crippen LogP contribution in [0.4, 0.5) is 16.3 Å². The fourth-order valence-electron chi connectivity index (χ4n) is 1.70. The van der Waals surface area contributed by atoms with Crippen molar-refractivity contribution in [3.05, 3.63) is 48.2 Å². The molecule has 2 rings (SSSR count). The summed E-state index contributed by atoms with van der Waals surface area (Å²) in [7, 11) is 1.89. The lowest BCUT2D eigenvalue weighted by molar-refractivity contribution is 0.262. The summed E-state index contributed by atoms with van der Waals surface area (Å²) in [5.41, 5.74) is 1.83. The van der Waals surface area contributed by atoms with Gasteiger partial charge in [-0.25, -0.2) is 4.79 Å². The van der Waals surface area contributed by atoms with Gasteiger partial charge in [0.25, 0.3) is 0 Å². The fourth-order valence-corrected chi connectivity index (χ4v) is 1.70. The highest BCUT2D eigenvalue weighted by molar-refractivity contribution is 5.99. The van der Waals surface area contributed by atoms with E-state index in [0.717, 1.165) is 11.3 Å². The minimum absolute atomic E-state index is 0.222. The van der Waals surface area contributed by atoms with E-state index in [4.69, 9.17) is 0 Å². The van der Waals surface area contributed by atoms with Crippen LogP contribution in [0.25, 0.3) is 0 Å². The van der Waals surface area contributed by atoms with E-state index in [2.05, 4.69) is 33.1 Å². The van der Waals surface area contributed by atoms with Gasteiger partial charge in [-0.05, 0) is 43.8 Å². The topological polar surface area (TPSA) is 78.9 Å². The molecule has 0 aliphatic carbocycles. The number of nitrogens with one attached hydrogen (secondary N) is 3. The van der Waals surface area contributed by atoms with E-state index in [9.17, 15) is 4.79 Å². The minimum Gasteiger partial charge on any atom is -0.313 e. The summed E-state index contributed by atoms with van der Waals surface area (Å²) in [4.78, 5) is 11.8. The van der Waals surface area contributed by atoms with Gasteiger partial charge in [0.1, 0.15) is 0 Å². The van der Waals surface area contributed by atoms with Crippen molar-refractivity contribution in [2.75, 3.05) is 17.7 Å². The Balaban J connectivity index is 2.01. The number of hydrogen-bond acceptors (Lipinski definition) is 4. The Kier molecular flexibility index (Phi) is 4.62. The number of aromatic nitrogens is 2. The molecule has 0 aliphatic rings. The highest BCUT2D eigenvalue weighted by atomic mass is 16.2. The van der Waals surface area contributed by atoms with Gasteiger partial charge in [-0.2, -0.15) is 5.10 Å². The maximum absolute atomic E-state index is 11.8. The quantitative estimate of drug-likeness (QED) is 0.797. The molecule has 0 radical (unpaired) electrons. The van der Waals surface area contributed by atoms with Crippen molar-refractivity contribution in [3.63, 3.8) is 0 Å². The smallest absolute Gasteiger partial charge is 0.313 e. The van der Waals surface area contributed by atoms with Gasteiger partial charge in [-0.1, -0.05) is 12.1 Å². The van der Waals surface area contributed by atoms with Crippen LogP contribution in [-0.4, -0.2) is 23.3 Å². The Morgan fingerprint density at radius 3 is 2.75 bits per heavy atom. The molecule has 0 saturated heterocycles. The molecule has 3 N–H and O–H groups in total. The van der Waals surface area contributed by atoms with Crippen molar-refractivity contribution in [3.8, 4) is 0 Å². The van der Waals surface area contributed by atoms with Gasteiger partial charge in [0.15, 0.2) is 5.82 Å². The normalized spacial score (nSPS) is 11.7. The van der Waals surface area contributed by atoms with Crippen LogP contribution >= 0.6 is 0 Å². The molecule has 20 heavy (non-hydrogen) atoms. The van der Waals surface area contributed by atoms with E-state index in [-0.39, 0.29) is 12.1 Å². The van der Waals surface area contributed by atoms with Gasteiger partial charge in [0, 0.05) is 17.9 Å². The van der Waals surface area contributed by atoms with E-state index in [1.165, 1.54) is 0 Å². The largest absolute Gasteiger partial charge is 0.324 e. The number of benzene rings is 1. The van der Waals surface area contributed by atoms with Crippen LogP contribution in [0, 0.1) is 0 Å². The Morgan fingerprint density at radius 2 is 2.05 bits per heavy atom. The predicted molar refractivity (Wildman–Crippen MR) is 78.6 cm³/mol. The summed E-state index contributed by atoms with van der Waals surface area (Å²) in [6.45, 7) is 2.05. The summed E-state index contributed by atoms with van der Waals surface area (Å²) in [6, 6.07) is 10.9. The molecule has 104 valence electrons. The number of carbonyl (C=O) groups excluding carboxylic acids is 1. The van der Waals surface area contributed by atoms with E-state index >= 15 is 0 Å². The molecule has 2 amide bonds. The third-order valence-electron chi connectivity index (χ3n) is 2.89. The molecule has 1 aromatic carbocycles. The molecular formula is C14H17N5O. The van der Waals surface area contributed by atoms with Crippen LogP contribution in [0.1, 0.15) is 18.5 Å². The average molecular weight is 271 g/mol. The van der Waals surface area contributed by atoms with E-state index in [1.54, 1.807) is 18.3 Å². The van der Waals surface area contributed by atoms with Crippen molar-refractivity contribution in [1.82, 2.24) is 15.5 Å². The molecule has 0 aliphatic heterocycles. The van der Waals surface area contributed by atoms with Crippen LogP contribution in [0.5, 0.6) is 0 Å². The lowest BCUT2D eigenvalue weighted by atomic mass is 10.1. The first-order valence-electron chi connectivity index (χ1n) is 6.32. The minimum atomic E-state index is -0.347. The molecular weight excluding hydrogens is 254 g/mol. The number of nitrogens with zero attached hydrogens (tertiary/aromatic N) is 2. The van der Waals surface area contributed by atoms with Crippen molar-refractivity contribution >= 4 is 17.5 Å². The Morgan fingerprint density at radius 1 is 1.20 bits per heavy atom. The fraction of sp³-hybridized carbons (Fsp3) is 0.214. The molecule has 6 nitrogen and oxygen atoms in total. The third kappa shape index (κ3) is 3.76. The summed E-state index contributed by atoms with van der Waals surface area (Å²) in [6.07, 6.45) is 1.55. The maximum atomic E-state index is 11.8. The summed E-state index contributed by atoms with van der Waals surface area (Å²) >= 11 is 0. The SMILES string of the molecule is CNC(C)c1cccc(NC(=O)Nc2cccnn2)c1. The highest BCUT2D eigenvalue weighted by Gasteiger charge is 2.06. The molecule has 0 bridgehead atoms. The second kappa shape index (κ2) is 6.63. The van der Waals surface area contributed by atoms with Crippen LogP contribution in [0.2, 0.25) is 0 Å². The van der Waals surface area contributed by atoms with Crippen molar-refractivity contribution < 1.29 is 4.79 Å². The Hall–Kier alpha value is -2.47. The average Bonchev–Trinajstić information content (AvgIpc) is 2.47. The Bertz CT molecular complexity index is 573. The van der Waals surface area contributed by atoms with E-state index in [1.807, 2.05) is 31.3 Å². The number of amides is 2. The van der Waals surface area contributed by atoms with Gasteiger partial charge in [0.2, 0.25) is 0 Å². The van der Waals surface area contributed by atoms with Crippen LogP contribution in [-0.2, 0) is 0 Å². The van der Waals surface area contributed by atoms with Crippen molar-refractivity contribution in [2.45, 2.75) is 13.0 Å². The lowest BCUT2D eigenvalue weighted by Gasteiger charge is -2.12. The van der Waals surface area contributed by atoms with E-state index in [0.29, 0.717) is 5.82 Å². The van der Waals surface area contributed by atoms with Gasteiger partial charge < -0.3 is 10.6 Å². The van der Waals surface area contributed by atoms with E-state index < -0.39 is 0 Å². The standard InChI is InChI=1S/C14H17N5O/c1-10(15-2)11-5-3-6-12(9-11)17-14(20)18-13-7-4-8-16-19-13/h3-10,15H,1-2H3,(H2,17,18,19,20). The predicted octanol–water partition coefficient (Wildman–Crippen LogP) is 2.40. The van der Waals surface area contributed by atoms with Gasteiger partial charge in [0.05, 0.1) is 0 Å². The first-order valence-corrected chi connectivity index (χ1v) is 6.32. The molecule has 1 unspecified atom stereocenters. The molecule has 1 atom stereocenters. The molecule has 6 heteroatoms. The summed E-state index contributed by atoms with van der Waals surface area (Å²) in [5, 5.41) is 16.0. The highest BCUT2D eigenvalue weighted by Crippen LogP contribution is 2.17. The van der Waals surface area contributed by atoms with Gasteiger partial charge in [-0.15, -0.1) is 5.10 Å². The second-order valence-electron chi connectivity index (χ2n) is 4.32. The number of hydrogen-bond donors (Lipinski definition) is 3. The third-order valence-corrected chi connectivity index (χ3v) is 2.89. The molecule has 0 saturated carbocycles. The lowest BCUT2D eigenvalue weighted by Crippen LogP contribution is -2.20. The number of rotatable bonds is 4. The van der Waals surface area contributed by atoms with Crippen LogP contribution < -0.4 is 16.0 Å². The first kappa shape index (κ1) is 14.0. The van der Waals surface area contributed by atoms with Crippen LogP contribution in [0.15, 0.2) is 42.6 Å². The molecule has 0 spiro atoms. The molecule has 2 aromatic rings. The van der Waals surface area contributed by atoms with Crippen LogP contribution in [0.3, 0.4) is 0 Å². The second-order valence-corrected chi connectivity index (χ2v) is 4.32. The zero-order valence-corrected chi connectivity index (χ0v) is 11.4.